The summed E-state index contributed by atoms with van der Waals surface area (Å²) in [6, 6.07) is 1.62. The number of carboxylic acid groups (broad SMARTS) is 1. The molecule has 0 aromatic carbocycles. The van der Waals surface area contributed by atoms with Crippen molar-refractivity contribution in [3.05, 3.63) is 28.2 Å². The summed E-state index contributed by atoms with van der Waals surface area (Å²) in [7, 11) is 0. The van der Waals surface area contributed by atoms with Crippen LogP contribution in [-0.2, 0) is 4.79 Å². The standard InChI is InChI=1S/C10H11N3O4S/c1-5-13(7(4-18-5)10(16)17)9(15)6-2-3-8(14)12-11-6/h2-3,5,7H,4H2,1H3,(H,12,14)(H,16,17). The molecule has 0 aliphatic carbocycles. The number of amides is 1. The zero-order valence-corrected chi connectivity index (χ0v) is 10.3. The molecule has 0 spiro atoms. The number of aliphatic carboxylic acids is 1. The number of thioether (sulfide) groups is 1. The quantitative estimate of drug-likeness (QED) is 0.768. The second-order valence-corrected chi connectivity index (χ2v) is 5.15. The van der Waals surface area contributed by atoms with Crippen LogP contribution in [0.2, 0.25) is 0 Å². The minimum atomic E-state index is -1.04. The zero-order chi connectivity index (χ0) is 13.3. The minimum Gasteiger partial charge on any atom is -0.480 e. The van der Waals surface area contributed by atoms with E-state index >= 15 is 0 Å². The van der Waals surface area contributed by atoms with Crippen LogP contribution in [0.5, 0.6) is 0 Å². The number of nitrogens with one attached hydrogen (secondary N) is 1. The Morgan fingerprint density at radius 2 is 2.28 bits per heavy atom. The van der Waals surface area contributed by atoms with E-state index in [0.29, 0.717) is 5.75 Å². The van der Waals surface area contributed by atoms with Gasteiger partial charge in [-0.3, -0.25) is 9.59 Å². The van der Waals surface area contributed by atoms with E-state index in [-0.39, 0.29) is 11.1 Å². The van der Waals surface area contributed by atoms with Gasteiger partial charge in [0.25, 0.3) is 11.5 Å². The van der Waals surface area contributed by atoms with Gasteiger partial charge in [0.2, 0.25) is 0 Å². The Labute approximate surface area is 106 Å². The van der Waals surface area contributed by atoms with Crippen molar-refractivity contribution in [1.82, 2.24) is 15.1 Å². The second-order valence-electron chi connectivity index (χ2n) is 3.81. The van der Waals surface area contributed by atoms with E-state index in [4.69, 9.17) is 5.11 Å². The average molecular weight is 269 g/mol. The van der Waals surface area contributed by atoms with Gasteiger partial charge in [0.05, 0.1) is 5.37 Å². The highest BCUT2D eigenvalue weighted by molar-refractivity contribution is 8.00. The van der Waals surface area contributed by atoms with Gasteiger partial charge in [0, 0.05) is 11.8 Å². The molecule has 2 atom stereocenters. The van der Waals surface area contributed by atoms with E-state index < -0.39 is 23.5 Å². The SMILES string of the molecule is CC1SCC(C(=O)O)N1C(=O)c1ccc(=O)[nH]n1. The molecule has 2 heterocycles. The molecule has 2 rings (SSSR count). The van der Waals surface area contributed by atoms with Gasteiger partial charge in [-0.1, -0.05) is 0 Å². The van der Waals surface area contributed by atoms with Crippen molar-refractivity contribution in [2.45, 2.75) is 18.3 Å². The molecule has 0 radical (unpaired) electrons. The maximum atomic E-state index is 12.1. The Morgan fingerprint density at radius 1 is 1.56 bits per heavy atom. The van der Waals surface area contributed by atoms with Crippen LogP contribution in [-0.4, -0.2) is 49.2 Å². The molecule has 1 amide bonds. The Hall–Kier alpha value is -1.83. The first-order valence-electron chi connectivity index (χ1n) is 5.23. The van der Waals surface area contributed by atoms with E-state index in [9.17, 15) is 14.4 Å². The van der Waals surface area contributed by atoms with Crippen LogP contribution in [0.15, 0.2) is 16.9 Å². The molecule has 8 heteroatoms. The molecule has 1 aliphatic heterocycles. The normalized spacial score (nSPS) is 23.1. The third-order valence-electron chi connectivity index (χ3n) is 2.64. The summed E-state index contributed by atoms with van der Waals surface area (Å²) in [4.78, 5) is 35.3. The summed E-state index contributed by atoms with van der Waals surface area (Å²) in [6.07, 6.45) is 0. The molecule has 1 fully saturated rings. The fraction of sp³-hybridized carbons (Fsp3) is 0.400. The summed E-state index contributed by atoms with van der Waals surface area (Å²) < 4.78 is 0. The van der Waals surface area contributed by atoms with Crippen LogP contribution < -0.4 is 5.56 Å². The summed E-state index contributed by atoms with van der Waals surface area (Å²) >= 11 is 1.39. The van der Waals surface area contributed by atoms with Crippen LogP contribution in [0.25, 0.3) is 0 Å². The number of carbonyl (C=O) groups excluding carboxylic acids is 1. The maximum Gasteiger partial charge on any atom is 0.327 e. The van der Waals surface area contributed by atoms with Crippen LogP contribution in [0, 0.1) is 0 Å². The van der Waals surface area contributed by atoms with Crippen molar-refractivity contribution in [2.75, 3.05) is 5.75 Å². The third-order valence-corrected chi connectivity index (χ3v) is 3.86. The Morgan fingerprint density at radius 3 is 2.83 bits per heavy atom. The van der Waals surface area contributed by atoms with Gasteiger partial charge in [0.15, 0.2) is 0 Å². The zero-order valence-electron chi connectivity index (χ0n) is 9.49. The van der Waals surface area contributed by atoms with Crippen molar-refractivity contribution in [1.29, 1.82) is 0 Å². The van der Waals surface area contributed by atoms with Gasteiger partial charge in [-0.2, -0.15) is 5.10 Å². The fourth-order valence-electron chi connectivity index (χ4n) is 1.74. The molecule has 2 N–H and O–H groups in total. The molecular formula is C10H11N3O4S. The summed E-state index contributed by atoms with van der Waals surface area (Å²) in [5.41, 5.74) is -0.375. The lowest BCUT2D eigenvalue weighted by molar-refractivity contribution is -0.141. The van der Waals surface area contributed by atoms with Gasteiger partial charge in [-0.15, -0.1) is 11.8 Å². The predicted octanol–water partition coefficient (Wildman–Crippen LogP) is -0.242. The first kappa shape index (κ1) is 12.6. The van der Waals surface area contributed by atoms with Crippen LogP contribution in [0.4, 0.5) is 0 Å². The molecule has 0 saturated carbocycles. The first-order chi connectivity index (χ1) is 8.50. The maximum absolute atomic E-state index is 12.1. The number of rotatable bonds is 2. The third kappa shape index (κ3) is 2.23. The Bertz CT molecular complexity index is 524. The number of hydrogen-bond acceptors (Lipinski definition) is 5. The molecule has 1 aromatic rings. The highest BCUT2D eigenvalue weighted by Gasteiger charge is 2.40. The number of hydrogen-bond donors (Lipinski definition) is 2. The number of carboxylic acids is 1. The molecule has 0 bridgehead atoms. The number of aromatic amines is 1. The van der Waals surface area contributed by atoms with Gasteiger partial charge in [-0.05, 0) is 13.0 Å². The van der Waals surface area contributed by atoms with E-state index in [1.807, 2.05) is 0 Å². The smallest absolute Gasteiger partial charge is 0.327 e. The summed E-state index contributed by atoms with van der Waals surface area (Å²) in [6.45, 7) is 1.76. The van der Waals surface area contributed by atoms with Crippen LogP contribution in [0.3, 0.4) is 0 Å². The molecule has 7 nitrogen and oxygen atoms in total. The molecule has 18 heavy (non-hydrogen) atoms. The van der Waals surface area contributed by atoms with Crippen molar-refractivity contribution in [3.63, 3.8) is 0 Å². The predicted molar refractivity (Wildman–Crippen MR) is 64.4 cm³/mol. The number of H-pyrrole nitrogens is 1. The topological polar surface area (TPSA) is 103 Å². The Balaban J connectivity index is 2.29. The van der Waals surface area contributed by atoms with Crippen molar-refractivity contribution in [3.8, 4) is 0 Å². The first-order valence-corrected chi connectivity index (χ1v) is 6.28. The molecule has 1 aliphatic rings. The van der Waals surface area contributed by atoms with Crippen molar-refractivity contribution < 1.29 is 14.7 Å². The largest absolute Gasteiger partial charge is 0.480 e. The molecular weight excluding hydrogens is 258 g/mol. The molecule has 1 saturated heterocycles. The molecule has 2 unspecified atom stereocenters. The minimum absolute atomic E-state index is 0.0372. The number of carbonyl (C=O) groups is 2. The summed E-state index contributed by atoms with van der Waals surface area (Å²) in [5, 5.41) is 14.6. The van der Waals surface area contributed by atoms with Gasteiger partial charge >= 0.3 is 5.97 Å². The van der Waals surface area contributed by atoms with Crippen molar-refractivity contribution in [2.24, 2.45) is 0 Å². The second kappa shape index (κ2) is 4.81. The lowest BCUT2D eigenvalue weighted by atomic mass is 10.2. The van der Waals surface area contributed by atoms with E-state index in [0.717, 1.165) is 0 Å². The van der Waals surface area contributed by atoms with Crippen LogP contribution in [0.1, 0.15) is 17.4 Å². The highest BCUT2D eigenvalue weighted by Crippen LogP contribution is 2.29. The number of nitrogens with zero attached hydrogens (tertiary/aromatic N) is 2. The lowest BCUT2D eigenvalue weighted by Crippen LogP contribution is -2.45. The van der Waals surface area contributed by atoms with E-state index in [2.05, 4.69) is 10.2 Å². The average Bonchev–Trinajstić information content (AvgIpc) is 2.71. The number of aromatic nitrogens is 2. The monoisotopic (exact) mass is 269 g/mol. The van der Waals surface area contributed by atoms with Crippen molar-refractivity contribution >= 4 is 23.6 Å². The lowest BCUT2D eigenvalue weighted by Gasteiger charge is -2.24. The fourth-order valence-corrected chi connectivity index (χ4v) is 2.90. The highest BCUT2D eigenvalue weighted by atomic mass is 32.2. The summed E-state index contributed by atoms with van der Waals surface area (Å²) in [5.74, 6) is -1.17. The van der Waals surface area contributed by atoms with E-state index in [1.165, 1.54) is 28.8 Å². The van der Waals surface area contributed by atoms with E-state index in [1.54, 1.807) is 6.92 Å². The molecule has 96 valence electrons. The Kier molecular flexibility index (Phi) is 3.37. The van der Waals surface area contributed by atoms with Gasteiger partial charge < -0.3 is 10.0 Å². The van der Waals surface area contributed by atoms with Crippen LogP contribution >= 0.6 is 11.8 Å². The molecule has 1 aromatic heterocycles. The van der Waals surface area contributed by atoms with Gasteiger partial charge in [-0.25, -0.2) is 9.89 Å². The van der Waals surface area contributed by atoms with Gasteiger partial charge in [0.1, 0.15) is 11.7 Å².